The SMILES string of the molecule is CCOC(=O)CCc1cccc(C(C)n2ccc(-c3cc(Oc4c(F)cc5c(ccn5S(=O)(=O)c5ccc(C)cc5)c4S(C)(=O)=O)ccc3F)n2)c1. The third-order valence-electron chi connectivity index (χ3n) is 8.57. The summed E-state index contributed by atoms with van der Waals surface area (Å²) in [6.45, 7) is 5.79. The number of esters is 1. The highest BCUT2D eigenvalue weighted by Crippen LogP contribution is 2.40. The number of rotatable bonds is 12. The maximum Gasteiger partial charge on any atom is 0.306 e. The van der Waals surface area contributed by atoms with Crippen molar-refractivity contribution in [3.63, 3.8) is 0 Å². The van der Waals surface area contributed by atoms with Gasteiger partial charge in [-0.25, -0.2) is 29.6 Å². The highest BCUT2D eigenvalue weighted by Gasteiger charge is 2.28. The highest BCUT2D eigenvalue weighted by molar-refractivity contribution is 7.91. The molecule has 1 unspecified atom stereocenters. The molecule has 0 fully saturated rings. The number of aryl methyl sites for hydroxylation is 2. The third-order valence-corrected chi connectivity index (χ3v) is 11.4. The molecule has 1 atom stereocenters. The van der Waals surface area contributed by atoms with Gasteiger partial charge in [0.1, 0.15) is 16.5 Å². The second-order valence-corrected chi connectivity index (χ2v) is 16.1. The van der Waals surface area contributed by atoms with E-state index in [1.54, 1.807) is 42.9 Å². The molecule has 0 saturated carbocycles. The van der Waals surface area contributed by atoms with Gasteiger partial charge in [0.25, 0.3) is 10.0 Å². The van der Waals surface area contributed by atoms with Crippen molar-refractivity contribution >= 4 is 36.7 Å². The topological polar surface area (TPSA) is 127 Å². The molecule has 14 heteroatoms. The quantitative estimate of drug-likeness (QED) is 0.117. The minimum Gasteiger partial charge on any atom is -0.466 e. The van der Waals surface area contributed by atoms with Crippen molar-refractivity contribution in [1.82, 2.24) is 13.8 Å². The van der Waals surface area contributed by atoms with Crippen LogP contribution in [0.3, 0.4) is 0 Å². The van der Waals surface area contributed by atoms with Crippen LogP contribution in [0.4, 0.5) is 8.78 Å². The number of sulfone groups is 1. The van der Waals surface area contributed by atoms with Crippen LogP contribution in [0.15, 0.2) is 107 Å². The summed E-state index contributed by atoms with van der Waals surface area (Å²) in [5.74, 6) is -2.81. The number of benzene rings is 4. The van der Waals surface area contributed by atoms with Crippen molar-refractivity contribution in [2.24, 2.45) is 0 Å². The molecule has 0 amide bonds. The van der Waals surface area contributed by atoms with Crippen molar-refractivity contribution in [3.05, 3.63) is 126 Å². The van der Waals surface area contributed by atoms with Gasteiger partial charge in [0.05, 0.1) is 28.8 Å². The second kappa shape index (κ2) is 14.4. The van der Waals surface area contributed by atoms with E-state index in [1.165, 1.54) is 30.3 Å². The van der Waals surface area contributed by atoms with Gasteiger partial charge in [0.15, 0.2) is 21.4 Å². The number of hydrogen-bond acceptors (Lipinski definition) is 8. The molecule has 0 aliphatic carbocycles. The first-order valence-electron chi connectivity index (χ1n) is 16.3. The maximum absolute atomic E-state index is 15.9. The van der Waals surface area contributed by atoms with Gasteiger partial charge >= 0.3 is 5.97 Å². The molecule has 270 valence electrons. The molecule has 0 aliphatic heterocycles. The fourth-order valence-corrected chi connectivity index (χ4v) is 8.28. The molecule has 0 spiro atoms. The predicted octanol–water partition coefficient (Wildman–Crippen LogP) is 7.63. The molecule has 2 aromatic heterocycles. The van der Waals surface area contributed by atoms with Crippen molar-refractivity contribution in [2.75, 3.05) is 12.9 Å². The summed E-state index contributed by atoms with van der Waals surface area (Å²) in [5.41, 5.74) is 2.75. The van der Waals surface area contributed by atoms with Crippen molar-refractivity contribution in [2.45, 2.75) is 49.4 Å². The number of halogens is 2. The minimum absolute atomic E-state index is 0.0179. The number of carbonyl (C=O) groups is 1. The molecule has 10 nitrogen and oxygen atoms in total. The Morgan fingerprint density at radius 3 is 2.37 bits per heavy atom. The molecule has 52 heavy (non-hydrogen) atoms. The van der Waals surface area contributed by atoms with Gasteiger partial charge in [-0.15, -0.1) is 0 Å². The number of nitrogens with zero attached hydrogens (tertiary/aromatic N) is 3. The highest BCUT2D eigenvalue weighted by atomic mass is 32.2. The Morgan fingerprint density at radius 1 is 0.904 bits per heavy atom. The molecule has 6 aromatic rings. The van der Waals surface area contributed by atoms with Crippen LogP contribution in [0, 0.1) is 18.6 Å². The van der Waals surface area contributed by atoms with E-state index in [0.29, 0.717) is 13.0 Å². The molecule has 0 aliphatic rings. The third kappa shape index (κ3) is 7.34. The summed E-state index contributed by atoms with van der Waals surface area (Å²) < 4.78 is 97.7. The first-order valence-corrected chi connectivity index (χ1v) is 19.6. The van der Waals surface area contributed by atoms with Crippen LogP contribution in [-0.4, -0.2) is 49.4 Å². The van der Waals surface area contributed by atoms with E-state index in [4.69, 9.17) is 9.47 Å². The number of carbonyl (C=O) groups excluding carboxylic acids is 1. The summed E-state index contributed by atoms with van der Waals surface area (Å²) in [6, 6.07) is 20.9. The summed E-state index contributed by atoms with van der Waals surface area (Å²) in [5, 5.41) is 4.51. The van der Waals surface area contributed by atoms with E-state index >= 15 is 8.78 Å². The van der Waals surface area contributed by atoms with Crippen molar-refractivity contribution in [1.29, 1.82) is 0 Å². The average molecular weight is 748 g/mol. The van der Waals surface area contributed by atoms with Crippen LogP contribution in [-0.2, 0) is 35.8 Å². The lowest BCUT2D eigenvalue weighted by molar-refractivity contribution is -0.143. The lowest BCUT2D eigenvalue weighted by atomic mass is 10.0. The summed E-state index contributed by atoms with van der Waals surface area (Å²) in [7, 11) is -8.42. The summed E-state index contributed by atoms with van der Waals surface area (Å²) in [6.07, 6.45) is 4.46. The fraction of sp³-hybridized carbons (Fsp3) is 0.211. The normalized spacial score (nSPS) is 12.6. The van der Waals surface area contributed by atoms with E-state index in [0.717, 1.165) is 45.2 Å². The van der Waals surface area contributed by atoms with Gasteiger partial charge in [-0.3, -0.25) is 9.48 Å². The molecule has 4 aromatic carbocycles. The maximum atomic E-state index is 15.9. The zero-order valence-corrected chi connectivity index (χ0v) is 30.3. The number of ether oxygens (including phenoxy) is 2. The molecular formula is C38H35F2N3O7S2. The predicted molar refractivity (Wildman–Crippen MR) is 192 cm³/mol. The first-order chi connectivity index (χ1) is 24.7. The standard InChI is InChI=1S/C38H35F2N3O7S2/c1-5-49-36(44)16-11-26-7-6-8-27(21-26)25(3)42-19-18-34(41-42)31-22-28(12-15-32(31)39)50-37-33(40)23-35-30(38(37)51(4,45)46)17-20-43(35)52(47,48)29-13-9-24(2)10-14-29/h6-10,12-15,17-23,25H,5,11,16H2,1-4H3. The van der Waals surface area contributed by atoms with E-state index in [2.05, 4.69) is 5.10 Å². The van der Waals surface area contributed by atoms with Gasteiger partial charge in [0.2, 0.25) is 0 Å². The number of fused-ring (bicyclic) bond motifs is 1. The lowest BCUT2D eigenvalue weighted by Gasteiger charge is -2.15. The fourth-order valence-electron chi connectivity index (χ4n) is 5.89. The molecule has 0 bridgehead atoms. The van der Waals surface area contributed by atoms with Gasteiger partial charge in [0, 0.05) is 42.1 Å². The van der Waals surface area contributed by atoms with Crippen LogP contribution in [0.2, 0.25) is 0 Å². The van der Waals surface area contributed by atoms with Crippen LogP contribution in [0.5, 0.6) is 11.5 Å². The largest absolute Gasteiger partial charge is 0.466 e. The Balaban J connectivity index is 1.31. The van der Waals surface area contributed by atoms with Crippen molar-refractivity contribution < 1.29 is 39.9 Å². The van der Waals surface area contributed by atoms with Gasteiger partial charge in [-0.2, -0.15) is 5.10 Å². The van der Waals surface area contributed by atoms with E-state index in [9.17, 15) is 21.6 Å². The summed E-state index contributed by atoms with van der Waals surface area (Å²) in [4.78, 5) is 11.2. The van der Waals surface area contributed by atoms with E-state index < -0.39 is 42.1 Å². The van der Waals surface area contributed by atoms with Crippen LogP contribution in [0.25, 0.3) is 22.2 Å². The Bertz CT molecular complexity index is 2530. The van der Waals surface area contributed by atoms with Crippen LogP contribution < -0.4 is 4.74 Å². The van der Waals surface area contributed by atoms with Crippen molar-refractivity contribution in [3.8, 4) is 22.8 Å². The van der Waals surface area contributed by atoms with E-state index in [1.807, 2.05) is 31.2 Å². The number of hydrogen-bond donors (Lipinski definition) is 0. The molecule has 6 rings (SSSR count). The molecular weight excluding hydrogens is 713 g/mol. The Morgan fingerprint density at radius 2 is 1.65 bits per heavy atom. The Hall–Kier alpha value is -5.34. The van der Waals surface area contributed by atoms with Gasteiger partial charge in [-0.1, -0.05) is 42.0 Å². The lowest BCUT2D eigenvalue weighted by Crippen LogP contribution is -2.12. The zero-order chi connectivity index (χ0) is 37.4. The molecule has 0 saturated heterocycles. The smallest absolute Gasteiger partial charge is 0.306 e. The first kappa shape index (κ1) is 36.5. The van der Waals surface area contributed by atoms with Gasteiger partial charge in [-0.05, 0) is 80.8 Å². The summed E-state index contributed by atoms with van der Waals surface area (Å²) >= 11 is 0. The molecule has 0 radical (unpaired) electrons. The molecule has 0 N–H and O–H groups in total. The minimum atomic E-state index is -4.22. The zero-order valence-electron chi connectivity index (χ0n) is 28.7. The number of aromatic nitrogens is 3. The van der Waals surface area contributed by atoms with Gasteiger partial charge < -0.3 is 9.47 Å². The van der Waals surface area contributed by atoms with Crippen LogP contribution in [0.1, 0.15) is 43.0 Å². The van der Waals surface area contributed by atoms with Crippen LogP contribution >= 0.6 is 0 Å². The Labute approximate surface area is 300 Å². The second-order valence-electron chi connectivity index (χ2n) is 12.3. The average Bonchev–Trinajstić information content (AvgIpc) is 3.76. The molecule has 2 heterocycles. The monoisotopic (exact) mass is 747 g/mol. The van der Waals surface area contributed by atoms with E-state index in [-0.39, 0.29) is 51.2 Å². The Kier molecular flexibility index (Phi) is 10.1.